The second-order valence-corrected chi connectivity index (χ2v) is 7.11. The van der Waals surface area contributed by atoms with E-state index in [-0.39, 0.29) is 30.5 Å². The van der Waals surface area contributed by atoms with Gasteiger partial charge in [0.1, 0.15) is 12.1 Å². The zero-order chi connectivity index (χ0) is 16.0. The van der Waals surface area contributed by atoms with Crippen LogP contribution in [0.2, 0.25) is 0 Å². The Morgan fingerprint density at radius 3 is 2.78 bits per heavy atom. The Labute approximate surface area is 135 Å². The minimum absolute atomic E-state index is 0.109. The maximum absolute atomic E-state index is 12.7. The van der Waals surface area contributed by atoms with Crippen LogP contribution in [0.5, 0.6) is 0 Å². The molecule has 4 fully saturated rings. The summed E-state index contributed by atoms with van der Waals surface area (Å²) in [5.41, 5.74) is -0.738. The zero-order valence-electron chi connectivity index (χ0n) is 13.3. The molecule has 4 amide bonds. The number of ether oxygens (including phenoxy) is 1. The Kier molecular flexibility index (Phi) is 3.55. The maximum Gasteiger partial charge on any atom is 0.325 e. The molecule has 126 valence electrons. The van der Waals surface area contributed by atoms with Gasteiger partial charge in [-0.05, 0) is 32.1 Å². The number of carbonyl (C=O) groups excluding carboxylic acids is 3. The van der Waals surface area contributed by atoms with Crippen LogP contribution in [0, 0.1) is 0 Å². The van der Waals surface area contributed by atoms with Crippen LogP contribution >= 0.6 is 0 Å². The van der Waals surface area contributed by atoms with Crippen LogP contribution in [-0.4, -0.2) is 65.0 Å². The first-order valence-corrected chi connectivity index (χ1v) is 8.66. The third kappa shape index (κ3) is 2.33. The number of morpholine rings is 1. The van der Waals surface area contributed by atoms with E-state index in [2.05, 4.69) is 5.32 Å². The van der Waals surface area contributed by atoms with Gasteiger partial charge in [-0.2, -0.15) is 0 Å². The summed E-state index contributed by atoms with van der Waals surface area (Å²) in [6.45, 7) is 0.946. The van der Waals surface area contributed by atoms with E-state index in [0.29, 0.717) is 26.0 Å². The lowest BCUT2D eigenvalue weighted by atomic mass is 9.98. The van der Waals surface area contributed by atoms with Gasteiger partial charge >= 0.3 is 6.03 Å². The normalized spacial score (nSPS) is 32.5. The van der Waals surface area contributed by atoms with Crippen molar-refractivity contribution in [2.24, 2.45) is 0 Å². The van der Waals surface area contributed by atoms with Crippen molar-refractivity contribution >= 4 is 17.8 Å². The molecular weight excluding hydrogens is 298 g/mol. The second-order valence-electron chi connectivity index (χ2n) is 7.11. The Morgan fingerprint density at radius 2 is 2.00 bits per heavy atom. The molecule has 0 aromatic rings. The third-order valence-electron chi connectivity index (χ3n) is 5.80. The molecule has 1 spiro atoms. The zero-order valence-corrected chi connectivity index (χ0v) is 13.3. The van der Waals surface area contributed by atoms with Gasteiger partial charge in [-0.3, -0.25) is 14.5 Å². The Hall–Kier alpha value is -1.63. The largest absolute Gasteiger partial charge is 0.374 e. The Morgan fingerprint density at radius 1 is 1.22 bits per heavy atom. The molecule has 2 aliphatic carbocycles. The standard InChI is InChI=1S/C16H23N3O4/c20-13(18-8-9-23-12-5-3-4-11(12)18)10-19-14(21)16(17-15(19)22)6-1-2-7-16/h11-12H,1-10H2,(H,17,22)/t11-,12-/m1/s1. The number of imide groups is 1. The van der Waals surface area contributed by atoms with Crippen molar-refractivity contribution < 1.29 is 19.1 Å². The first kappa shape index (κ1) is 14.9. The van der Waals surface area contributed by atoms with Crippen molar-refractivity contribution in [2.45, 2.75) is 62.6 Å². The lowest BCUT2D eigenvalue weighted by Gasteiger charge is -2.38. The van der Waals surface area contributed by atoms with Crippen molar-refractivity contribution in [3.05, 3.63) is 0 Å². The summed E-state index contributed by atoms with van der Waals surface area (Å²) >= 11 is 0. The SMILES string of the molecule is O=C1NC2(CCCC2)C(=O)N1CC(=O)N1CCO[C@@H]2CCC[C@H]21. The van der Waals surface area contributed by atoms with Gasteiger partial charge in [0, 0.05) is 6.54 Å². The van der Waals surface area contributed by atoms with Crippen LogP contribution in [0.3, 0.4) is 0 Å². The van der Waals surface area contributed by atoms with Crippen molar-refractivity contribution in [3.8, 4) is 0 Å². The molecular formula is C16H23N3O4. The van der Waals surface area contributed by atoms with E-state index in [4.69, 9.17) is 4.74 Å². The summed E-state index contributed by atoms with van der Waals surface area (Å²) in [4.78, 5) is 40.5. The predicted octanol–water partition coefficient (Wildman–Crippen LogP) is 0.631. The van der Waals surface area contributed by atoms with E-state index >= 15 is 0 Å². The molecule has 4 aliphatic rings. The number of fused-ring (bicyclic) bond motifs is 1. The van der Waals surface area contributed by atoms with E-state index < -0.39 is 11.6 Å². The third-order valence-corrected chi connectivity index (χ3v) is 5.80. The summed E-state index contributed by atoms with van der Waals surface area (Å²) in [6, 6.07) is -0.307. The molecule has 4 rings (SSSR count). The smallest absolute Gasteiger partial charge is 0.325 e. The highest BCUT2D eigenvalue weighted by molar-refractivity contribution is 6.09. The molecule has 2 saturated heterocycles. The van der Waals surface area contributed by atoms with Gasteiger partial charge < -0.3 is 15.0 Å². The fourth-order valence-electron chi connectivity index (χ4n) is 4.60. The van der Waals surface area contributed by atoms with Crippen LogP contribution in [0.1, 0.15) is 44.9 Å². The lowest BCUT2D eigenvalue weighted by Crippen LogP contribution is -2.54. The summed E-state index contributed by atoms with van der Waals surface area (Å²) in [5, 5.41) is 2.83. The van der Waals surface area contributed by atoms with Crippen LogP contribution < -0.4 is 5.32 Å². The van der Waals surface area contributed by atoms with E-state index in [1.807, 2.05) is 4.90 Å². The predicted molar refractivity (Wildman–Crippen MR) is 80.5 cm³/mol. The van der Waals surface area contributed by atoms with E-state index in [1.165, 1.54) is 0 Å². The average molecular weight is 321 g/mol. The van der Waals surface area contributed by atoms with E-state index in [0.717, 1.165) is 37.0 Å². The number of amides is 4. The second kappa shape index (κ2) is 5.47. The van der Waals surface area contributed by atoms with Gasteiger partial charge in [-0.25, -0.2) is 4.79 Å². The summed E-state index contributed by atoms with van der Waals surface area (Å²) in [5.74, 6) is -0.353. The maximum atomic E-state index is 12.7. The van der Waals surface area contributed by atoms with Gasteiger partial charge in [0.15, 0.2) is 0 Å². The Bertz CT molecular complexity index is 543. The molecule has 23 heavy (non-hydrogen) atoms. The average Bonchev–Trinajstić information content (AvgIpc) is 3.24. The molecule has 0 aromatic carbocycles. The lowest BCUT2D eigenvalue weighted by molar-refractivity contribution is -0.147. The fourth-order valence-corrected chi connectivity index (χ4v) is 4.60. The van der Waals surface area contributed by atoms with Gasteiger partial charge in [0.2, 0.25) is 5.91 Å². The molecule has 1 N–H and O–H groups in total. The first-order chi connectivity index (χ1) is 11.1. The van der Waals surface area contributed by atoms with Gasteiger partial charge in [-0.15, -0.1) is 0 Å². The first-order valence-electron chi connectivity index (χ1n) is 8.66. The number of rotatable bonds is 2. The van der Waals surface area contributed by atoms with E-state index in [9.17, 15) is 14.4 Å². The number of nitrogens with one attached hydrogen (secondary N) is 1. The van der Waals surface area contributed by atoms with Gasteiger partial charge in [0.05, 0.1) is 18.8 Å². The number of urea groups is 1. The topological polar surface area (TPSA) is 79.0 Å². The molecule has 0 radical (unpaired) electrons. The molecule has 0 aromatic heterocycles. The quantitative estimate of drug-likeness (QED) is 0.757. The van der Waals surface area contributed by atoms with Crippen LogP contribution in [0.25, 0.3) is 0 Å². The molecule has 2 saturated carbocycles. The monoisotopic (exact) mass is 321 g/mol. The van der Waals surface area contributed by atoms with Crippen LogP contribution in [0.15, 0.2) is 0 Å². The van der Waals surface area contributed by atoms with Gasteiger partial charge in [0.25, 0.3) is 5.91 Å². The summed E-state index contributed by atoms with van der Waals surface area (Å²) in [7, 11) is 0. The molecule has 0 unspecified atom stereocenters. The molecule has 2 heterocycles. The minimum Gasteiger partial charge on any atom is -0.374 e. The molecule has 0 bridgehead atoms. The van der Waals surface area contributed by atoms with Crippen molar-refractivity contribution in [1.29, 1.82) is 0 Å². The highest BCUT2D eigenvalue weighted by Crippen LogP contribution is 2.35. The molecule has 2 atom stereocenters. The Balaban J connectivity index is 1.46. The number of hydrogen-bond acceptors (Lipinski definition) is 4. The van der Waals surface area contributed by atoms with Crippen LogP contribution in [0.4, 0.5) is 4.79 Å². The van der Waals surface area contributed by atoms with Crippen molar-refractivity contribution in [1.82, 2.24) is 15.1 Å². The van der Waals surface area contributed by atoms with Crippen LogP contribution in [-0.2, 0) is 14.3 Å². The summed E-state index contributed by atoms with van der Waals surface area (Å²) in [6.07, 6.45) is 6.38. The fraction of sp³-hybridized carbons (Fsp3) is 0.812. The minimum atomic E-state index is -0.738. The van der Waals surface area contributed by atoms with Gasteiger partial charge in [-0.1, -0.05) is 12.8 Å². The summed E-state index contributed by atoms with van der Waals surface area (Å²) < 4.78 is 5.72. The van der Waals surface area contributed by atoms with Crippen molar-refractivity contribution in [3.63, 3.8) is 0 Å². The highest BCUT2D eigenvalue weighted by Gasteiger charge is 2.53. The highest BCUT2D eigenvalue weighted by atomic mass is 16.5. The number of carbonyl (C=O) groups is 3. The molecule has 7 heteroatoms. The molecule has 2 aliphatic heterocycles. The number of hydrogen-bond donors (Lipinski definition) is 1. The number of nitrogens with zero attached hydrogens (tertiary/aromatic N) is 2. The van der Waals surface area contributed by atoms with Crippen molar-refractivity contribution in [2.75, 3.05) is 19.7 Å². The van der Waals surface area contributed by atoms with E-state index in [1.54, 1.807) is 0 Å². The molecule has 7 nitrogen and oxygen atoms in total.